The van der Waals surface area contributed by atoms with E-state index >= 15 is 0 Å². The zero-order valence-electron chi connectivity index (χ0n) is 11.1. The Morgan fingerprint density at radius 3 is 2.72 bits per heavy atom. The summed E-state index contributed by atoms with van der Waals surface area (Å²) in [5.41, 5.74) is 8.58. The number of anilines is 1. The normalized spacial score (nSPS) is 16.4. The van der Waals surface area contributed by atoms with Gasteiger partial charge in [0, 0.05) is 24.3 Å². The molecule has 0 saturated heterocycles. The van der Waals surface area contributed by atoms with Crippen LogP contribution < -0.4 is 10.6 Å². The molecule has 2 nitrogen and oxygen atoms in total. The predicted octanol–water partition coefficient (Wildman–Crippen LogP) is 3.31. The van der Waals surface area contributed by atoms with Crippen LogP contribution in [0.5, 0.6) is 0 Å². The van der Waals surface area contributed by atoms with E-state index in [9.17, 15) is 4.39 Å². The van der Waals surface area contributed by atoms with Gasteiger partial charge in [-0.25, -0.2) is 4.39 Å². The van der Waals surface area contributed by atoms with E-state index < -0.39 is 0 Å². The van der Waals surface area contributed by atoms with E-state index in [1.165, 1.54) is 12.8 Å². The van der Waals surface area contributed by atoms with Crippen LogP contribution in [0.25, 0.3) is 0 Å². The molecule has 1 aliphatic rings. The molecule has 2 rings (SSSR count). The molecule has 0 spiro atoms. The minimum Gasteiger partial charge on any atom is -0.365 e. The van der Waals surface area contributed by atoms with Crippen LogP contribution in [0.15, 0.2) is 24.8 Å². The van der Waals surface area contributed by atoms with Crippen LogP contribution in [0, 0.1) is 12.7 Å². The maximum atomic E-state index is 13.7. The Morgan fingerprint density at radius 1 is 1.56 bits per heavy atom. The average Bonchev–Trinajstić information content (AvgIpc) is 3.13. The molecule has 1 atom stereocenters. The van der Waals surface area contributed by atoms with Crippen molar-refractivity contribution in [1.82, 2.24) is 0 Å². The molecule has 0 unspecified atom stereocenters. The van der Waals surface area contributed by atoms with E-state index in [4.69, 9.17) is 5.73 Å². The van der Waals surface area contributed by atoms with Gasteiger partial charge in [-0.3, -0.25) is 0 Å². The Kier molecular flexibility index (Phi) is 3.71. The fourth-order valence-electron chi connectivity index (χ4n) is 2.26. The minimum absolute atomic E-state index is 0.166. The first-order valence-corrected chi connectivity index (χ1v) is 6.47. The molecule has 0 bridgehead atoms. The fourth-order valence-corrected chi connectivity index (χ4v) is 2.26. The van der Waals surface area contributed by atoms with Crippen molar-refractivity contribution in [3.05, 3.63) is 41.7 Å². The molecule has 0 aromatic heterocycles. The van der Waals surface area contributed by atoms with Crippen LogP contribution in [-0.2, 0) is 0 Å². The lowest BCUT2D eigenvalue weighted by Crippen LogP contribution is -2.28. The van der Waals surface area contributed by atoms with Gasteiger partial charge in [-0.2, -0.15) is 0 Å². The highest BCUT2D eigenvalue weighted by atomic mass is 19.1. The van der Waals surface area contributed by atoms with E-state index in [0.29, 0.717) is 11.6 Å². The number of rotatable bonds is 5. The van der Waals surface area contributed by atoms with Crippen molar-refractivity contribution in [2.75, 3.05) is 11.4 Å². The SMILES string of the molecule is C=CCN(c1cc(C)c(F)cc1[C@H](C)N)C1CC1. The van der Waals surface area contributed by atoms with Gasteiger partial charge in [0.1, 0.15) is 5.82 Å². The molecule has 1 aromatic carbocycles. The van der Waals surface area contributed by atoms with Gasteiger partial charge in [-0.15, -0.1) is 6.58 Å². The van der Waals surface area contributed by atoms with Crippen molar-refractivity contribution in [1.29, 1.82) is 0 Å². The van der Waals surface area contributed by atoms with Gasteiger partial charge in [0.2, 0.25) is 0 Å². The van der Waals surface area contributed by atoms with E-state index in [1.54, 1.807) is 13.0 Å². The van der Waals surface area contributed by atoms with Crippen molar-refractivity contribution in [3.63, 3.8) is 0 Å². The predicted molar refractivity (Wildman–Crippen MR) is 74.3 cm³/mol. The number of benzene rings is 1. The van der Waals surface area contributed by atoms with Crippen molar-refractivity contribution in [2.24, 2.45) is 5.73 Å². The quantitative estimate of drug-likeness (QED) is 0.810. The molecule has 0 amide bonds. The third kappa shape index (κ3) is 2.56. The molecule has 1 fully saturated rings. The third-order valence-corrected chi connectivity index (χ3v) is 3.42. The highest BCUT2D eigenvalue weighted by molar-refractivity contribution is 5.59. The highest BCUT2D eigenvalue weighted by Gasteiger charge is 2.30. The summed E-state index contributed by atoms with van der Waals surface area (Å²) in [6, 6.07) is 3.88. The number of hydrogen-bond donors (Lipinski definition) is 1. The topological polar surface area (TPSA) is 29.3 Å². The lowest BCUT2D eigenvalue weighted by molar-refractivity contribution is 0.612. The Labute approximate surface area is 108 Å². The molecule has 1 aromatic rings. The van der Waals surface area contributed by atoms with E-state index in [1.807, 2.05) is 19.1 Å². The first-order chi connectivity index (χ1) is 8.54. The molecule has 0 radical (unpaired) electrons. The van der Waals surface area contributed by atoms with Gasteiger partial charge in [-0.1, -0.05) is 6.08 Å². The standard InChI is InChI=1S/C15H21FN2/c1-4-7-18(12-5-6-12)15-8-10(2)14(16)9-13(15)11(3)17/h4,8-9,11-12H,1,5-7,17H2,2-3H3/t11-/m0/s1. The van der Waals surface area contributed by atoms with Crippen molar-refractivity contribution < 1.29 is 4.39 Å². The Balaban J connectivity index is 2.45. The molecule has 3 heteroatoms. The Morgan fingerprint density at radius 2 is 2.22 bits per heavy atom. The summed E-state index contributed by atoms with van der Waals surface area (Å²) < 4.78 is 13.7. The largest absolute Gasteiger partial charge is 0.365 e. The second-order valence-corrected chi connectivity index (χ2v) is 5.12. The molecule has 1 aliphatic carbocycles. The van der Waals surface area contributed by atoms with E-state index in [-0.39, 0.29) is 11.9 Å². The van der Waals surface area contributed by atoms with Gasteiger partial charge >= 0.3 is 0 Å². The number of nitrogens with two attached hydrogens (primary N) is 1. The van der Waals surface area contributed by atoms with Gasteiger partial charge in [-0.05, 0) is 49.9 Å². The summed E-state index contributed by atoms with van der Waals surface area (Å²) in [5.74, 6) is -0.180. The second kappa shape index (κ2) is 5.11. The molecular formula is C15H21FN2. The summed E-state index contributed by atoms with van der Waals surface area (Å²) in [5, 5.41) is 0. The highest BCUT2D eigenvalue weighted by Crippen LogP contribution is 2.36. The van der Waals surface area contributed by atoms with Crippen LogP contribution in [0.2, 0.25) is 0 Å². The van der Waals surface area contributed by atoms with Gasteiger partial charge < -0.3 is 10.6 Å². The van der Waals surface area contributed by atoms with Gasteiger partial charge in [0.25, 0.3) is 0 Å². The lowest BCUT2D eigenvalue weighted by Gasteiger charge is -2.27. The Hall–Kier alpha value is -1.35. The molecule has 0 aliphatic heterocycles. The average molecular weight is 248 g/mol. The van der Waals surface area contributed by atoms with Gasteiger partial charge in [0.15, 0.2) is 0 Å². The van der Waals surface area contributed by atoms with Crippen LogP contribution in [0.4, 0.5) is 10.1 Å². The summed E-state index contributed by atoms with van der Waals surface area (Å²) in [4.78, 5) is 2.29. The van der Waals surface area contributed by atoms with Crippen molar-refractivity contribution in [2.45, 2.75) is 38.8 Å². The van der Waals surface area contributed by atoms with E-state index in [0.717, 1.165) is 17.8 Å². The second-order valence-electron chi connectivity index (χ2n) is 5.12. The maximum absolute atomic E-state index is 13.7. The van der Waals surface area contributed by atoms with Crippen LogP contribution in [0.3, 0.4) is 0 Å². The van der Waals surface area contributed by atoms with Gasteiger partial charge in [0.05, 0.1) is 0 Å². The molecule has 18 heavy (non-hydrogen) atoms. The maximum Gasteiger partial charge on any atom is 0.126 e. The molecule has 2 N–H and O–H groups in total. The fraction of sp³-hybridized carbons (Fsp3) is 0.467. The number of halogens is 1. The number of aryl methyl sites for hydroxylation is 1. The van der Waals surface area contributed by atoms with Crippen molar-refractivity contribution >= 4 is 5.69 Å². The van der Waals surface area contributed by atoms with Crippen LogP contribution in [0.1, 0.15) is 36.9 Å². The van der Waals surface area contributed by atoms with Crippen molar-refractivity contribution in [3.8, 4) is 0 Å². The zero-order chi connectivity index (χ0) is 13.3. The molecule has 0 heterocycles. The summed E-state index contributed by atoms with van der Waals surface area (Å²) >= 11 is 0. The number of nitrogens with zero attached hydrogens (tertiary/aromatic N) is 1. The molecular weight excluding hydrogens is 227 g/mol. The minimum atomic E-state index is -0.180. The smallest absolute Gasteiger partial charge is 0.126 e. The monoisotopic (exact) mass is 248 g/mol. The third-order valence-electron chi connectivity index (χ3n) is 3.42. The van der Waals surface area contributed by atoms with E-state index in [2.05, 4.69) is 11.5 Å². The first kappa shape index (κ1) is 13.1. The summed E-state index contributed by atoms with van der Waals surface area (Å²) in [7, 11) is 0. The van der Waals surface area contributed by atoms with Crippen LogP contribution in [-0.4, -0.2) is 12.6 Å². The molecule has 1 saturated carbocycles. The number of hydrogen-bond acceptors (Lipinski definition) is 2. The lowest BCUT2D eigenvalue weighted by atomic mass is 10.0. The summed E-state index contributed by atoms with van der Waals surface area (Å²) in [6.45, 7) is 8.28. The molecule has 98 valence electrons. The van der Waals surface area contributed by atoms with Crippen LogP contribution >= 0.6 is 0 Å². The zero-order valence-corrected chi connectivity index (χ0v) is 11.1. The summed E-state index contributed by atoms with van der Waals surface area (Å²) in [6.07, 6.45) is 4.29. The Bertz CT molecular complexity index is 450. The first-order valence-electron chi connectivity index (χ1n) is 6.47.